The Morgan fingerprint density at radius 2 is 2.09 bits per heavy atom. The monoisotopic (exact) mass is 417 g/mol. The van der Waals surface area contributed by atoms with Gasteiger partial charge in [-0.15, -0.1) is 24.0 Å². The van der Waals surface area contributed by atoms with Crippen LogP contribution in [-0.2, 0) is 0 Å². The molecule has 4 nitrogen and oxygen atoms in total. The molecule has 0 bridgehead atoms. The van der Waals surface area contributed by atoms with Gasteiger partial charge in [-0.25, -0.2) is 0 Å². The number of benzene rings is 1. The van der Waals surface area contributed by atoms with Gasteiger partial charge in [0, 0.05) is 26.1 Å². The maximum absolute atomic E-state index is 5.70. The predicted octanol–water partition coefficient (Wildman–Crippen LogP) is 3.38. The molecule has 1 aromatic rings. The van der Waals surface area contributed by atoms with E-state index < -0.39 is 0 Å². The van der Waals surface area contributed by atoms with Gasteiger partial charge in [0.2, 0.25) is 0 Å². The lowest BCUT2D eigenvalue weighted by Gasteiger charge is -2.26. The van der Waals surface area contributed by atoms with Crippen LogP contribution >= 0.6 is 24.0 Å². The average molecular weight is 417 g/mol. The van der Waals surface area contributed by atoms with E-state index in [1.165, 1.54) is 5.56 Å². The summed E-state index contributed by atoms with van der Waals surface area (Å²) >= 11 is 0. The molecule has 1 aromatic carbocycles. The summed E-state index contributed by atoms with van der Waals surface area (Å²) in [5.41, 5.74) is 1.30. The van der Waals surface area contributed by atoms with Crippen LogP contribution in [0, 0.1) is 5.92 Å². The Bertz CT molecular complexity index is 477. The van der Waals surface area contributed by atoms with Crippen molar-refractivity contribution in [1.82, 2.24) is 10.6 Å². The first-order valence-corrected chi connectivity index (χ1v) is 7.87. The number of fused-ring (bicyclic) bond motifs is 1. The highest BCUT2D eigenvalue weighted by Gasteiger charge is 2.20. The van der Waals surface area contributed by atoms with Crippen LogP contribution < -0.4 is 15.4 Å². The van der Waals surface area contributed by atoms with Crippen molar-refractivity contribution >= 4 is 29.9 Å². The molecule has 0 radical (unpaired) electrons. The van der Waals surface area contributed by atoms with Gasteiger partial charge < -0.3 is 15.4 Å². The quantitative estimate of drug-likeness (QED) is 0.439. The molecule has 1 atom stereocenters. The number of nitrogens with zero attached hydrogens (tertiary/aromatic N) is 1. The van der Waals surface area contributed by atoms with Gasteiger partial charge >= 0.3 is 0 Å². The van der Waals surface area contributed by atoms with Crippen LogP contribution in [0.25, 0.3) is 0 Å². The van der Waals surface area contributed by atoms with Crippen molar-refractivity contribution in [2.24, 2.45) is 10.9 Å². The zero-order valence-corrected chi connectivity index (χ0v) is 16.1. The highest BCUT2D eigenvalue weighted by atomic mass is 127. The van der Waals surface area contributed by atoms with Gasteiger partial charge in [-0.05, 0) is 30.4 Å². The van der Waals surface area contributed by atoms with Gasteiger partial charge in [-0.2, -0.15) is 0 Å². The second-order valence-electron chi connectivity index (χ2n) is 5.93. The third-order valence-corrected chi connectivity index (χ3v) is 3.84. The summed E-state index contributed by atoms with van der Waals surface area (Å²) in [6, 6.07) is 8.32. The van der Waals surface area contributed by atoms with Crippen LogP contribution in [0.2, 0.25) is 0 Å². The third kappa shape index (κ3) is 5.66. The lowest BCUT2D eigenvalue weighted by molar-refractivity contribution is 0.267. The van der Waals surface area contributed by atoms with Crippen molar-refractivity contribution in [2.75, 3.05) is 26.7 Å². The topological polar surface area (TPSA) is 45.7 Å². The van der Waals surface area contributed by atoms with Crippen LogP contribution in [0.1, 0.15) is 38.2 Å². The summed E-state index contributed by atoms with van der Waals surface area (Å²) in [7, 11) is 1.82. The van der Waals surface area contributed by atoms with E-state index >= 15 is 0 Å². The Morgan fingerprint density at radius 1 is 1.32 bits per heavy atom. The second kappa shape index (κ2) is 9.92. The van der Waals surface area contributed by atoms with Crippen molar-refractivity contribution in [2.45, 2.75) is 32.6 Å². The molecule has 1 aliphatic heterocycles. The first-order valence-electron chi connectivity index (χ1n) is 7.87. The molecule has 5 heteroatoms. The van der Waals surface area contributed by atoms with Crippen LogP contribution in [0.5, 0.6) is 5.75 Å². The molecule has 1 aliphatic rings. The molecule has 0 aromatic heterocycles. The van der Waals surface area contributed by atoms with E-state index in [0.29, 0.717) is 11.8 Å². The smallest absolute Gasteiger partial charge is 0.190 e. The minimum Gasteiger partial charge on any atom is -0.493 e. The molecule has 2 N–H and O–H groups in total. The SMILES string of the molecule is CN=C(NCCC(C)C)NCC1CCOc2ccccc21.I. The summed E-state index contributed by atoms with van der Waals surface area (Å²) in [5, 5.41) is 6.81. The van der Waals surface area contributed by atoms with Crippen molar-refractivity contribution in [3.63, 3.8) is 0 Å². The van der Waals surface area contributed by atoms with E-state index in [2.05, 4.69) is 47.7 Å². The van der Waals surface area contributed by atoms with Gasteiger partial charge in [0.05, 0.1) is 6.61 Å². The summed E-state index contributed by atoms with van der Waals surface area (Å²) in [6.07, 6.45) is 2.20. The van der Waals surface area contributed by atoms with E-state index in [0.717, 1.165) is 44.2 Å². The second-order valence-corrected chi connectivity index (χ2v) is 5.93. The summed E-state index contributed by atoms with van der Waals surface area (Å²) in [5.74, 6) is 3.11. The van der Waals surface area contributed by atoms with Crippen molar-refractivity contribution in [1.29, 1.82) is 0 Å². The van der Waals surface area contributed by atoms with Gasteiger partial charge in [-0.3, -0.25) is 4.99 Å². The molecular weight excluding hydrogens is 389 g/mol. The van der Waals surface area contributed by atoms with Crippen LogP contribution in [-0.4, -0.2) is 32.7 Å². The Hall–Kier alpha value is -0.980. The van der Waals surface area contributed by atoms with Crippen molar-refractivity contribution < 1.29 is 4.74 Å². The maximum atomic E-state index is 5.70. The van der Waals surface area contributed by atoms with Crippen LogP contribution in [0.4, 0.5) is 0 Å². The predicted molar refractivity (Wildman–Crippen MR) is 104 cm³/mol. The zero-order valence-electron chi connectivity index (χ0n) is 13.8. The molecular formula is C17H28IN3O. The normalized spacial score (nSPS) is 17.3. The molecule has 0 spiro atoms. The highest BCUT2D eigenvalue weighted by molar-refractivity contribution is 14.0. The zero-order chi connectivity index (χ0) is 15.1. The van der Waals surface area contributed by atoms with E-state index in [-0.39, 0.29) is 24.0 Å². The fourth-order valence-corrected chi connectivity index (χ4v) is 2.55. The van der Waals surface area contributed by atoms with E-state index in [4.69, 9.17) is 4.74 Å². The minimum absolute atomic E-state index is 0. The van der Waals surface area contributed by atoms with Gasteiger partial charge in [0.15, 0.2) is 5.96 Å². The number of hydrogen-bond donors (Lipinski definition) is 2. The first kappa shape index (κ1) is 19.1. The van der Waals surface area contributed by atoms with Crippen LogP contribution in [0.15, 0.2) is 29.3 Å². The Labute approximate surface area is 151 Å². The number of rotatable bonds is 5. The Morgan fingerprint density at radius 3 is 2.82 bits per heavy atom. The van der Waals surface area contributed by atoms with Gasteiger partial charge in [-0.1, -0.05) is 32.0 Å². The number of guanidine groups is 1. The first-order chi connectivity index (χ1) is 10.2. The molecule has 2 rings (SSSR count). The largest absolute Gasteiger partial charge is 0.493 e. The van der Waals surface area contributed by atoms with E-state index in [1.807, 2.05) is 13.1 Å². The number of ether oxygens (including phenoxy) is 1. The molecule has 1 heterocycles. The maximum Gasteiger partial charge on any atom is 0.190 e. The fourth-order valence-electron chi connectivity index (χ4n) is 2.55. The number of aliphatic imine (C=N–C) groups is 1. The average Bonchev–Trinajstić information content (AvgIpc) is 2.50. The number of para-hydroxylation sites is 1. The molecule has 0 fully saturated rings. The lowest BCUT2D eigenvalue weighted by atomic mass is 9.93. The Balaban J connectivity index is 0.00000242. The lowest BCUT2D eigenvalue weighted by Crippen LogP contribution is -2.40. The highest BCUT2D eigenvalue weighted by Crippen LogP contribution is 2.32. The molecule has 0 saturated carbocycles. The van der Waals surface area contributed by atoms with E-state index in [9.17, 15) is 0 Å². The summed E-state index contributed by atoms with van der Waals surface area (Å²) < 4.78 is 5.70. The van der Waals surface area contributed by atoms with Crippen molar-refractivity contribution in [3.8, 4) is 5.75 Å². The third-order valence-electron chi connectivity index (χ3n) is 3.84. The summed E-state index contributed by atoms with van der Waals surface area (Å²) in [4.78, 5) is 4.29. The minimum atomic E-state index is 0. The van der Waals surface area contributed by atoms with Crippen molar-refractivity contribution in [3.05, 3.63) is 29.8 Å². The van der Waals surface area contributed by atoms with Gasteiger partial charge in [0.1, 0.15) is 5.75 Å². The number of nitrogens with one attached hydrogen (secondary N) is 2. The molecule has 0 amide bonds. The molecule has 1 unspecified atom stereocenters. The standard InChI is InChI=1S/C17H27N3O.HI/c1-13(2)8-10-19-17(18-3)20-12-14-9-11-21-16-7-5-4-6-15(14)16;/h4-7,13-14H,8-12H2,1-3H3,(H2,18,19,20);1H. The van der Waals surface area contributed by atoms with Crippen LogP contribution in [0.3, 0.4) is 0 Å². The molecule has 124 valence electrons. The molecule has 0 saturated heterocycles. The molecule has 22 heavy (non-hydrogen) atoms. The fraction of sp³-hybridized carbons (Fsp3) is 0.588. The molecule has 0 aliphatic carbocycles. The Kier molecular flexibility index (Phi) is 8.60. The number of halogens is 1. The summed E-state index contributed by atoms with van der Waals surface area (Å²) in [6.45, 7) is 7.11. The van der Waals surface area contributed by atoms with Gasteiger partial charge in [0.25, 0.3) is 0 Å². The number of hydrogen-bond acceptors (Lipinski definition) is 2. The van der Waals surface area contributed by atoms with E-state index in [1.54, 1.807) is 0 Å².